The summed E-state index contributed by atoms with van der Waals surface area (Å²) in [5.74, 6) is 0.473. The van der Waals surface area contributed by atoms with Crippen molar-refractivity contribution in [2.24, 2.45) is 0 Å². The van der Waals surface area contributed by atoms with E-state index in [4.69, 9.17) is 0 Å². The second-order valence-corrected chi connectivity index (χ2v) is 3.51. The Morgan fingerprint density at radius 1 is 1.31 bits per heavy atom. The maximum Gasteiger partial charge on any atom is 0.143 e. The number of nitrogens with zero attached hydrogens (tertiary/aromatic N) is 2. The molecule has 2 N–H and O–H groups in total. The fourth-order valence-corrected chi connectivity index (χ4v) is 1.89. The summed E-state index contributed by atoms with van der Waals surface area (Å²) in [4.78, 5) is 11.3. The third-order valence-corrected chi connectivity index (χ3v) is 2.59. The fourth-order valence-electron chi connectivity index (χ4n) is 1.89. The SMILES string of the molecule is CNc1ncnc2[nH]c3cc(F)ccc3c12. The lowest BCUT2D eigenvalue weighted by Gasteiger charge is -1.99. The van der Waals surface area contributed by atoms with Gasteiger partial charge in [-0.25, -0.2) is 14.4 Å². The van der Waals surface area contributed by atoms with Crippen LogP contribution in [0.3, 0.4) is 0 Å². The van der Waals surface area contributed by atoms with E-state index in [1.54, 1.807) is 13.1 Å². The summed E-state index contributed by atoms with van der Waals surface area (Å²) >= 11 is 0. The number of fused-ring (bicyclic) bond motifs is 3. The molecule has 3 rings (SSSR count). The van der Waals surface area contributed by atoms with Gasteiger partial charge < -0.3 is 10.3 Å². The number of benzene rings is 1. The minimum absolute atomic E-state index is 0.266. The van der Waals surface area contributed by atoms with Crippen molar-refractivity contribution >= 4 is 27.8 Å². The molecule has 3 aromatic rings. The van der Waals surface area contributed by atoms with Crippen molar-refractivity contribution in [1.82, 2.24) is 15.0 Å². The Hall–Kier alpha value is -2.17. The van der Waals surface area contributed by atoms with E-state index >= 15 is 0 Å². The number of hydrogen-bond donors (Lipinski definition) is 2. The zero-order chi connectivity index (χ0) is 11.1. The predicted molar refractivity (Wildman–Crippen MR) is 60.9 cm³/mol. The predicted octanol–water partition coefficient (Wildman–Crippen LogP) is 2.29. The molecule has 4 nitrogen and oxygen atoms in total. The van der Waals surface area contributed by atoms with Gasteiger partial charge in [0.1, 0.15) is 23.6 Å². The Balaban J connectivity index is 2.52. The molecule has 1 aromatic carbocycles. The Labute approximate surface area is 90.5 Å². The fraction of sp³-hybridized carbons (Fsp3) is 0.0909. The van der Waals surface area contributed by atoms with Crippen LogP contribution in [-0.2, 0) is 0 Å². The van der Waals surface area contributed by atoms with Gasteiger partial charge in [-0.2, -0.15) is 0 Å². The molecule has 0 bridgehead atoms. The van der Waals surface area contributed by atoms with Gasteiger partial charge in [0.25, 0.3) is 0 Å². The molecule has 0 aliphatic rings. The molecule has 0 saturated heterocycles. The Bertz CT molecular complexity index is 674. The van der Waals surface area contributed by atoms with Crippen LogP contribution in [-0.4, -0.2) is 22.0 Å². The van der Waals surface area contributed by atoms with Gasteiger partial charge in [-0.1, -0.05) is 0 Å². The lowest BCUT2D eigenvalue weighted by molar-refractivity contribution is 0.629. The molecule has 0 spiro atoms. The summed E-state index contributed by atoms with van der Waals surface area (Å²) in [6.45, 7) is 0. The Kier molecular flexibility index (Phi) is 1.80. The van der Waals surface area contributed by atoms with Crippen LogP contribution in [0.15, 0.2) is 24.5 Å². The van der Waals surface area contributed by atoms with Crippen LogP contribution >= 0.6 is 0 Å². The molecule has 80 valence electrons. The highest BCUT2D eigenvalue weighted by Crippen LogP contribution is 2.28. The van der Waals surface area contributed by atoms with Crippen LogP contribution in [0.2, 0.25) is 0 Å². The van der Waals surface area contributed by atoms with Crippen molar-refractivity contribution < 1.29 is 4.39 Å². The van der Waals surface area contributed by atoms with E-state index in [1.807, 2.05) is 0 Å². The highest BCUT2D eigenvalue weighted by Gasteiger charge is 2.10. The van der Waals surface area contributed by atoms with Crippen molar-refractivity contribution in [3.05, 3.63) is 30.3 Å². The summed E-state index contributed by atoms with van der Waals surface area (Å²) in [5, 5.41) is 4.80. The molecular formula is C11H9FN4. The third kappa shape index (κ3) is 1.14. The number of rotatable bonds is 1. The van der Waals surface area contributed by atoms with E-state index in [0.717, 1.165) is 22.1 Å². The second-order valence-electron chi connectivity index (χ2n) is 3.51. The van der Waals surface area contributed by atoms with Crippen molar-refractivity contribution in [2.45, 2.75) is 0 Å². The standard InChI is InChI=1S/C11H9FN4/c1-13-10-9-7-3-2-6(12)4-8(7)16-11(9)15-5-14-10/h2-5H,1H3,(H2,13,14,15,16). The van der Waals surface area contributed by atoms with Gasteiger partial charge in [-0.15, -0.1) is 0 Å². The molecule has 0 unspecified atom stereocenters. The summed E-state index contributed by atoms with van der Waals surface area (Å²) in [6, 6.07) is 4.62. The number of halogens is 1. The number of anilines is 1. The highest BCUT2D eigenvalue weighted by molar-refractivity contribution is 6.10. The zero-order valence-corrected chi connectivity index (χ0v) is 8.58. The van der Waals surface area contributed by atoms with Crippen LogP contribution in [0.25, 0.3) is 21.9 Å². The summed E-state index contributed by atoms with van der Waals surface area (Å²) in [6.07, 6.45) is 1.47. The van der Waals surface area contributed by atoms with E-state index in [2.05, 4.69) is 20.3 Å². The molecule has 0 saturated carbocycles. The molecule has 0 amide bonds. The topological polar surface area (TPSA) is 53.6 Å². The Morgan fingerprint density at radius 3 is 3.00 bits per heavy atom. The van der Waals surface area contributed by atoms with Gasteiger partial charge in [0.15, 0.2) is 0 Å². The van der Waals surface area contributed by atoms with E-state index in [9.17, 15) is 4.39 Å². The van der Waals surface area contributed by atoms with Gasteiger partial charge in [-0.3, -0.25) is 0 Å². The van der Waals surface area contributed by atoms with E-state index in [-0.39, 0.29) is 5.82 Å². The number of aromatic amines is 1. The monoisotopic (exact) mass is 216 g/mol. The van der Waals surface area contributed by atoms with Crippen molar-refractivity contribution in [3.8, 4) is 0 Å². The molecule has 0 radical (unpaired) electrons. The smallest absolute Gasteiger partial charge is 0.143 e. The van der Waals surface area contributed by atoms with Gasteiger partial charge in [0.05, 0.1) is 10.9 Å². The zero-order valence-electron chi connectivity index (χ0n) is 8.58. The van der Waals surface area contributed by atoms with Gasteiger partial charge >= 0.3 is 0 Å². The average Bonchev–Trinajstić information content (AvgIpc) is 2.65. The minimum atomic E-state index is -0.266. The second kappa shape index (κ2) is 3.16. The van der Waals surface area contributed by atoms with Crippen LogP contribution < -0.4 is 5.32 Å². The van der Waals surface area contributed by atoms with Gasteiger partial charge in [0, 0.05) is 12.4 Å². The molecule has 16 heavy (non-hydrogen) atoms. The average molecular weight is 216 g/mol. The van der Waals surface area contributed by atoms with Crippen LogP contribution in [0, 0.1) is 5.82 Å². The molecule has 5 heteroatoms. The van der Waals surface area contributed by atoms with Gasteiger partial charge in [0.2, 0.25) is 0 Å². The number of H-pyrrole nitrogens is 1. The molecule has 0 aliphatic carbocycles. The lowest BCUT2D eigenvalue weighted by Crippen LogP contribution is -1.93. The Morgan fingerprint density at radius 2 is 2.19 bits per heavy atom. The van der Waals surface area contributed by atoms with E-state index < -0.39 is 0 Å². The minimum Gasteiger partial charge on any atom is -0.372 e. The molecule has 0 fully saturated rings. The first-order valence-corrected chi connectivity index (χ1v) is 4.89. The first-order chi connectivity index (χ1) is 7.79. The lowest BCUT2D eigenvalue weighted by atomic mass is 10.2. The first-order valence-electron chi connectivity index (χ1n) is 4.89. The third-order valence-electron chi connectivity index (χ3n) is 2.59. The van der Waals surface area contributed by atoms with Crippen molar-refractivity contribution in [1.29, 1.82) is 0 Å². The summed E-state index contributed by atoms with van der Waals surface area (Å²) in [5.41, 5.74) is 1.44. The summed E-state index contributed by atoms with van der Waals surface area (Å²) in [7, 11) is 1.80. The van der Waals surface area contributed by atoms with Crippen LogP contribution in [0.5, 0.6) is 0 Å². The first kappa shape index (κ1) is 9.08. The number of aromatic nitrogens is 3. The molecule has 2 heterocycles. The summed E-state index contributed by atoms with van der Waals surface area (Å²) < 4.78 is 13.1. The largest absolute Gasteiger partial charge is 0.372 e. The van der Waals surface area contributed by atoms with Crippen LogP contribution in [0.4, 0.5) is 10.2 Å². The quantitative estimate of drug-likeness (QED) is 0.656. The number of nitrogens with one attached hydrogen (secondary N) is 2. The van der Waals surface area contributed by atoms with Crippen molar-refractivity contribution in [2.75, 3.05) is 12.4 Å². The normalized spacial score (nSPS) is 11.1. The van der Waals surface area contributed by atoms with E-state index in [1.165, 1.54) is 18.5 Å². The maximum absolute atomic E-state index is 13.1. The molecule has 0 aliphatic heterocycles. The number of hydrogen-bond acceptors (Lipinski definition) is 3. The highest BCUT2D eigenvalue weighted by atomic mass is 19.1. The molecule has 0 atom stereocenters. The van der Waals surface area contributed by atoms with Gasteiger partial charge in [-0.05, 0) is 18.2 Å². The molecule has 2 aromatic heterocycles. The molecular weight excluding hydrogens is 207 g/mol. The van der Waals surface area contributed by atoms with Crippen molar-refractivity contribution in [3.63, 3.8) is 0 Å². The van der Waals surface area contributed by atoms with E-state index in [0.29, 0.717) is 5.65 Å². The maximum atomic E-state index is 13.1. The van der Waals surface area contributed by atoms with Crippen LogP contribution in [0.1, 0.15) is 0 Å².